The maximum Gasteiger partial charge on any atom is 0.416 e. The second kappa shape index (κ2) is 9.90. The molecule has 2 N–H and O–H groups in total. The van der Waals surface area contributed by atoms with Crippen molar-refractivity contribution in [2.45, 2.75) is 25.1 Å². The number of hydrazine groups is 1. The van der Waals surface area contributed by atoms with Crippen LogP contribution in [0.1, 0.15) is 40.4 Å². The van der Waals surface area contributed by atoms with Gasteiger partial charge in [0.2, 0.25) is 0 Å². The summed E-state index contributed by atoms with van der Waals surface area (Å²) >= 11 is 0. The zero-order chi connectivity index (χ0) is 22.2. The van der Waals surface area contributed by atoms with Crippen LogP contribution in [0.5, 0.6) is 0 Å². The van der Waals surface area contributed by atoms with Gasteiger partial charge in [0.1, 0.15) is 0 Å². The van der Waals surface area contributed by atoms with Crippen LogP contribution in [0.2, 0.25) is 0 Å². The number of rotatable bonds is 9. The molecule has 0 aliphatic heterocycles. The Hall–Kier alpha value is -3.37. The third-order valence-electron chi connectivity index (χ3n) is 4.73. The second-order valence-corrected chi connectivity index (χ2v) is 6.77. The van der Waals surface area contributed by atoms with E-state index in [9.17, 15) is 23.2 Å². The lowest BCUT2D eigenvalue weighted by Crippen LogP contribution is -2.46. The fraction of sp³-hybridized carbons (Fsp3) is 0.217. The number of halogens is 3. The molecule has 2 aromatic rings. The van der Waals surface area contributed by atoms with Gasteiger partial charge < -0.3 is 0 Å². The summed E-state index contributed by atoms with van der Waals surface area (Å²) < 4.78 is 38.2. The van der Waals surface area contributed by atoms with Gasteiger partial charge in [0.05, 0.1) is 23.1 Å². The van der Waals surface area contributed by atoms with E-state index < -0.39 is 29.1 Å². The average molecular weight is 413 g/mol. The molecule has 0 saturated carbocycles. The third kappa shape index (κ3) is 5.37. The normalized spacial score (nSPS) is 12.5. The number of hydrogen-bond donors (Lipinski definition) is 2. The molecule has 0 saturated heterocycles. The highest BCUT2D eigenvalue weighted by Gasteiger charge is 2.38. The summed E-state index contributed by atoms with van der Waals surface area (Å²) in [6.07, 6.45) is -0.562. The number of nitrogens with zero attached hydrogens (tertiary/aromatic N) is 1. The van der Waals surface area contributed by atoms with E-state index in [1.165, 1.54) is 0 Å². The van der Waals surface area contributed by atoms with E-state index in [-0.39, 0.29) is 5.56 Å². The Labute approximate surface area is 173 Å². The van der Waals surface area contributed by atoms with Crippen molar-refractivity contribution in [2.24, 2.45) is 5.41 Å². The van der Waals surface area contributed by atoms with Gasteiger partial charge in [-0.2, -0.15) is 18.4 Å². The standard InChI is InChI=1S/C23H22F3N3O/c1-3-14-22(16-27,15-4-2)20(17-8-6-5-7-9-17)28-29-21(30)18-10-12-19(13-11-18)23(24,25)26/h3-13,20,28H,1-2,14-15H2,(H,29,30)/t20-/m0/s1. The molecule has 2 aromatic carbocycles. The summed E-state index contributed by atoms with van der Waals surface area (Å²) in [6.45, 7) is 7.46. The van der Waals surface area contributed by atoms with Crippen molar-refractivity contribution in [1.82, 2.24) is 10.9 Å². The number of hydrogen-bond acceptors (Lipinski definition) is 3. The van der Waals surface area contributed by atoms with Gasteiger partial charge >= 0.3 is 6.18 Å². The van der Waals surface area contributed by atoms with Crippen LogP contribution in [-0.4, -0.2) is 5.91 Å². The summed E-state index contributed by atoms with van der Waals surface area (Å²) in [5.41, 5.74) is 4.42. The zero-order valence-corrected chi connectivity index (χ0v) is 16.2. The molecule has 0 bridgehead atoms. The first-order valence-electron chi connectivity index (χ1n) is 9.18. The van der Waals surface area contributed by atoms with Gasteiger partial charge in [-0.05, 0) is 42.7 Å². The molecule has 0 aliphatic rings. The largest absolute Gasteiger partial charge is 0.416 e. The minimum absolute atomic E-state index is 0.0531. The lowest BCUT2D eigenvalue weighted by molar-refractivity contribution is -0.137. The lowest BCUT2D eigenvalue weighted by atomic mass is 9.73. The van der Waals surface area contributed by atoms with Crippen LogP contribution in [0.4, 0.5) is 13.2 Å². The van der Waals surface area contributed by atoms with Gasteiger partial charge in [-0.25, -0.2) is 5.43 Å². The quantitative estimate of drug-likeness (QED) is 0.431. The summed E-state index contributed by atoms with van der Waals surface area (Å²) in [5.74, 6) is -0.617. The van der Waals surface area contributed by atoms with Crippen molar-refractivity contribution in [3.8, 4) is 6.07 Å². The van der Waals surface area contributed by atoms with Gasteiger partial charge in [-0.1, -0.05) is 42.5 Å². The number of nitriles is 1. The smallest absolute Gasteiger partial charge is 0.287 e. The van der Waals surface area contributed by atoms with Crippen LogP contribution in [0.3, 0.4) is 0 Å². The van der Waals surface area contributed by atoms with Crippen molar-refractivity contribution in [3.63, 3.8) is 0 Å². The molecule has 0 aromatic heterocycles. The Balaban J connectivity index is 2.28. The molecule has 1 amide bonds. The first kappa shape index (κ1) is 22.9. The van der Waals surface area contributed by atoms with E-state index in [0.717, 1.165) is 29.8 Å². The molecule has 0 heterocycles. The number of carbonyl (C=O) groups excluding carboxylic acids is 1. The molecule has 2 rings (SSSR count). The van der Waals surface area contributed by atoms with Gasteiger partial charge in [0.25, 0.3) is 5.91 Å². The zero-order valence-electron chi connectivity index (χ0n) is 16.2. The number of alkyl halides is 3. The molecule has 0 aliphatic carbocycles. The van der Waals surface area contributed by atoms with Gasteiger partial charge in [-0.15, -0.1) is 13.2 Å². The summed E-state index contributed by atoms with van der Waals surface area (Å²) in [7, 11) is 0. The molecular formula is C23H22F3N3O. The Morgan fingerprint density at radius 1 is 1.03 bits per heavy atom. The number of amides is 1. The Morgan fingerprint density at radius 2 is 1.60 bits per heavy atom. The Kier molecular flexibility index (Phi) is 7.56. The first-order valence-corrected chi connectivity index (χ1v) is 9.18. The molecule has 0 unspecified atom stereocenters. The predicted octanol–water partition coefficient (Wildman–Crippen LogP) is 5.34. The molecule has 30 heavy (non-hydrogen) atoms. The Bertz CT molecular complexity index is 905. The van der Waals surface area contributed by atoms with Gasteiger partial charge in [0.15, 0.2) is 0 Å². The Morgan fingerprint density at radius 3 is 2.07 bits per heavy atom. The fourth-order valence-electron chi connectivity index (χ4n) is 3.20. The second-order valence-electron chi connectivity index (χ2n) is 6.77. The van der Waals surface area contributed by atoms with Crippen molar-refractivity contribution in [3.05, 3.63) is 96.6 Å². The van der Waals surface area contributed by atoms with Crippen molar-refractivity contribution < 1.29 is 18.0 Å². The fourth-order valence-corrected chi connectivity index (χ4v) is 3.20. The topological polar surface area (TPSA) is 64.9 Å². The molecule has 7 heteroatoms. The SMILES string of the molecule is C=CCC(C#N)(CC=C)[C@@H](NNC(=O)c1ccc(C(F)(F)F)cc1)c1ccccc1. The van der Waals surface area contributed by atoms with Crippen LogP contribution in [0, 0.1) is 16.7 Å². The lowest BCUT2D eigenvalue weighted by Gasteiger charge is -2.34. The molecule has 0 radical (unpaired) electrons. The van der Waals surface area contributed by atoms with E-state index in [0.29, 0.717) is 12.8 Å². The average Bonchev–Trinajstić information content (AvgIpc) is 2.74. The van der Waals surface area contributed by atoms with Crippen LogP contribution in [0.25, 0.3) is 0 Å². The van der Waals surface area contributed by atoms with E-state index >= 15 is 0 Å². The highest BCUT2D eigenvalue weighted by atomic mass is 19.4. The minimum atomic E-state index is -4.48. The minimum Gasteiger partial charge on any atom is -0.287 e. The number of allylic oxidation sites excluding steroid dienone is 2. The van der Waals surface area contributed by atoms with E-state index in [1.54, 1.807) is 12.2 Å². The maximum atomic E-state index is 12.7. The summed E-state index contributed by atoms with van der Waals surface area (Å²) in [6, 6.07) is 14.7. The van der Waals surface area contributed by atoms with E-state index in [1.807, 2.05) is 30.3 Å². The molecule has 156 valence electrons. The van der Waals surface area contributed by atoms with Crippen molar-refractivity contribution in [2.75, 3.05) is 0 Å². The number of benzene rings is 2. The maximum absolute atomic E-state index is 12.7. The van der Waals surface area contributed by atoms with Crippen molar-refractivity contribution in [1.29, 1.82) is 5.26 Å². The molecule has 4 nitrogen and oxygen atoms in total. The van der Waals surface area contributed by atoms with Crippen LogP contribution in [0.15, 0.2) is 79.9 Å². The molecule has 0 fully saturated rings. The van der Waals surface area contributed by atoms with Crippen LogP contribution < -0.4 is 10.9 Å². The van der Waals surface area contributed by atoms with E-state index in [4.69, 9.17) is 0 Å². The van der Waals surface area contributed by atoms with Gasteiger partial charge in [0, 0.05) is 5.56 Å². The summed E-state index contributed by atoms with van der Waals surface area (Å²) in [5, 5.41) is 9.95. The molecule has 0 spiro atoms. The van der Waals surface area contributed by atoms with E-state index in [2.05, 4.69) is 30.1 Å². The third-order valence-corrected chi connectivity index (χ3v) is 4.73. The summed E-state index contributed by atoms with van der Waals surface area (Å²) in [4.78, 5) is 12.5. The highest BCUT2D eigenvalue weighted by molar-refractivity contribution is 5.93. The highest BCUT2D eigenvalue weighted by Crippen LogP contribution is 2.40. The number of nitrogens with one attached hydrogen (secondary N) is 2. The first-order chi connectivity index (χ1) is 14.3. The molecular weight excluding hydrogens is 391 g/mol. The van der Waals surface area contributed by atoms with Crippen molar-refractivity contribution >= 4 is 5.91 Å². The van der Waals surface area contributed by atoms with Crippen LogP contribution >= 0.6 is 0 Å². The van der Waals surface area contributed by atoms with Crippen LogP contribution in [-0.2, 0) is 6.18 Å². The molecule has 1 atom stereocenters. The predicted molar refractivity (Wildman–Crippen MR) is 109 cm³/mol. The monoisotopic (exact) mass is 413 g/mol. The number of carbonyl (C=O) groups is 1. The van der Waals surface area contributed by atoms with Gasteiger partial charge in [-0.3, -0.25) is 10.2 Å².